The van der Waals surface area contributed by atoms with Gasteiger partial charge in [0.15, 0.2) is 22.3 Å². The molecule has 2 aromatic carbocycles. The number of H-pyrrole nitrogens is 1. The van der Waals surface area contributed by atoms with Gasteiger partial charge in [0, 0.05) is 31.5 Å². The number of nitrogens with zero attached hydrogens (tertiary/aromatic N) is 4. The summed E-state index contributed by atoms with van der Waals surface area (Å²) in [6, 6.07) is 15.4. The van der Waals surface area contributed by atoms with Gasteiger partial charge in [0.1, 0.15) is 17.6 Å². The normalized spacial score (nSPS) is 17.3. The smallest absolute Gasteiger partial charge is 0.261 e. The van der Waals surface area contributed by atoms with Crippen molar-refractivity contribution in [1.29, 1.82) is 0 Å². The van der Waals surface area contributed by atoms with Crippen molar-refractivity contribution in [3.8, 4) is 17.1 Å². The van der Waals surface area contributed by atoms with E-state index >= 15 is 0 Å². The van der Waals surface area contributed by atoms with Gasteiger partial charge in [0.25, 0.3) is 5.91 Å². The number of amides is 1. The number of carbonyl (C=O) groups excluding carboxylic acids is 1. The molecule has 1 aromatic heterocycles. The Labute approximate surface area is 186 Å². The molecule has 10 heteroatoms. The standard InChI is InChI=1S/C22H25N5O4S/c1-26-12-13-27(20(28)15-31-17-6-4-3-5-7-17)19(14-26)22-23-21(24-25-22)16-8-10-18(11-9-16)32(2,29)30/h3-11,19H,12-15H2,1-2H3,(H,23,24,25). The Kier molecular flexibility index (Phi) is 6.24. The second-order valence-corrected chi connectivity index (χ2v) is 9.82. The highest BCUT2D eigenvalue weighted by atomic mass is 32.2. The molecule has 168 valence electrons. The maximum Gasteiger partial charge on any atom is 0.261 e. The van der Waals surface area contributed by atoms with Crippen LogP contribution in [0.5, 0.6) is 5.75 Å². The summed E-state index contributed by atoms with van der Waals surface area (Å²) in [5, 5.41) is 7.25. The van der Waals surface area contributed by atoms with Crippen molar-refractivity contribution < 1.29 is 17.9 Å². The lowest BCUT2D eigenvalue weighted by atomic mass is 10.1. The molecule has 1 unspecified atom stereocenters. The Morgan fingerprint density at radius 1 is 1.12 bits per heavy atom. The minimum atomic E-state index is -3.27. The zero-order valence-electron chi connectivity index (χ0n) is 17.9. The van der Waals surface area contributed by atoms with Gasteiger partial charge in [-0.25, -0.2) is 13.4 Å². The molecule has 1 amide bonds. The van der Waals surface area contributed by atoms with Gasteiger partial charge in [-0.05, 0) is 43.4 Å². The fourth-order valence-corrected chi connectivity index (χ4v) is 4.23. The molecular formula is C22H25N5O4S. The number of aromatic amines is 1. The number of benzene rings is 2. The van der Waals surface area contributed by atoms with E-state index in [0.717, 1.165) is 6.54 Å². The minimum absolute atomic E-state index is 0.0574. The summed E-state index contributed by atoms with van der Waals surface area (Å²) >= 11 is 0. The zero-order chi connectivity index (χ0) is 22.7. The van der Waals surface area contributed by atoms with Crippen molar-refractivity contribution in [2.75, 3.05) is 39.5 Å². The maximum absolute atomic E-state index is 12.9. The lowest BCUT2D eigenvalue weighted by Gasteiger charge is -2.38. The first kappa shape index (κ1) is 22.0. The van der Waals surface area contributed by atoms with Crippen molar-refractivity contribution in [3.05, 3.63) is 60.4 Å². The topological polar surface area (TPSA) is 108 Å². The maximum atomic E-state index is 12.9. The predicted molar refractivity (Wildman–Crippen MR) is 119 cm³/mol. The summed E-state index contributed by atoms with van der Waals surface area (Å²) in [7, 11) is -1.28. The third kappa shape index (κ3) is 4.97. The van der Waals surface area contributed by atoms with Crippen molar-refractivity contribution in [2.24, 2.45) is 0 Å². The van der Waals surface area contributed by atoms with Crippen LogP contribution in [0.15, 0.2) is 59.5 Å². The van der Waals surface area contributed by atoms with Crippen LogP contribution in [0, 0.1) is 0 Å². The van der Waals surface area contributed by atoms with Crippen LogP contribution >= 0.6 is 0 Å². The van der Waals surface area contributed by atoms with E-state index in [1.54, 1.807) is 17.0 Å². The molecule has 0 bridgehead atoms. The summed E-state index contributed by atoms with van der Waals surface area (Å²) in [4.78, 5) is 21.7. The molecule has 9 nitrogen and oxygen atoms in total. The molecule has 4 rings (SSSR count). The number of nitrogens with one attached hydrogen (secondary N) is 1. The second kappa shape index (κ2) is 9.09. The summed E-state index contributed by atoms with van der Waals surface area (Å²) in [5.74, 6) is 1.54. The lowest BCUT2D eigenvalue weighted by molar-refractivity contribution is -0.138. The van der Waals surface area contributed by atoms with Crippen LogP contribution in [-0.2, 0) is 14.6 Å². The molecule has 0 radical (unpaired) electrons. The Morgan fingerprint density at radius 2 is 1.84 bits per heavy atom. The van der Waals surface area contributed by atoms with Gasteiger partial charge in [0.05, 0.1) is 4.90 Å². The summed E-state index contributed by atoms with van der Waals surface area (Å²) in [6.45, 7) is 1.86. The monoisotopic (exact) mass is 455 g/mol. The van der Waals surface area contributed by atoms with Crippen molar-refractivity contribution in [2.45, 2.75) is 10.9 Å². The van der Waals surface area contributed by atoms with Crippen LogP contribution in [0.3, 0.4) is 0 Å². The van der Waals surface area contributed by atoms with Crippen LogP contribution in [0.2, 0.25) is 0 Å². The van der Waals surface area contributed by atoms with E-state index in [-0.39, 0.29) is 23.5 Å². The largest absolute Gasteiger partial charge is 0.484 e. The molecule has 1 atom stereocenters. The fraction of sp³-hybridized carbons (Fsp3) is 0.318. The molecule has 1 aliphatic rings. The average Bonchev–Trinajstić information content (AvgIpc) is 3.28. The molecule has 1 N–H and O–H groups in total. The van der Waals surface area contributed by atoms with E-state index in [1.807, 2.05) is 37.4 Å². The summed E-state index contributed by atoms with van der Waals surface area (Å²) in [5.41, 5.74) is 0.689. The van der Waals surface area contributed by atoms with Crippen LogP contribution in [0.25, 0.3) is 11.4 Å². The van der Waals surface area contributed by atoms with E-state index in [1.165, 1.54) is 18.4 Å². The Hall–Kier alpha value is -3.24. The van der Waals surface area contributed by atoms with Crippen molar-refractivity contribution >= 4 is 15.7 Å². The molecule has 1 fully saturated rings. The van der Waals surface area contributed by atoms with E-state index < -0.39 is 9.84 Å². The van der Waals surface area contributed by atoms with Crippen LogP contribution in [0.1, 0.15) is 11.9 Å². The Bertz CT molecular complexity index is 1180. The molecule has 1 aliphatic heterocycles. The van der Waals surface area contributed by atoms with Gasteiger partial charge in [-0.2, -0.15) is 5.10 Å². The molecule has 3 aromatic rings. The molecule has 2 heterocycles. The number of hydrogen-bond acceptors (Lipinski definition) is 7. The second-order valence-electron chi connectivity index (χ2n) is 7.81. The molecule has 0 spiro atoms. The average molecular weight is 456 g/mol. The lowest BCUT2D eigenvalue weighted by Crippen LogP contribution is -2.50. The SMILES string of the molecule is CN1CCN(C(=O)COc2ccccc2)C(c2nc(-c3ccc(S(C)(=O)=O)cc3)n[nH]2)C1. The predicted octanol–water partition coefficient (Wildman–Crippen LogP) is 1.77. The van der Waals surface area contributed by atoms with Gasteiger partial charge in [-0.15, -0.1) is 0 Å². The minimum Gasteiger partial charge on any atom is -0.484 e. The number of para-hydroxylation sites is 1. The number of likely N-dealkylation sites (N-methyl/N-ethyl adjacent to an activating group) is 1. The van der Waals surface area contributed by atoms with Gasteiger partial charge in [-0.1, -0.05) is 18.2 Å². The first-order chi connectivity index (χ1) is 15.3. The third-order valence-corrected chi connectivity index (χ3v) is 6.50. The van der Waals surface area contributed by atoms with E-state index in [4.69, 9.17) is 4.74 Å². The molecule has 0 saturated carbocycles. The highest BCUT2D eigenvalue weighted by Crippen LogP contribution is 2.25. The number of piperazine rings is 1. The van der Waals surface area contributed by atoms with Crippen molar-refractivity contribution in [3.63, 3.8) is 0 Å². The van der Waals surface area contributed by atoms with Crippen molar-refractivity contribution in [1.82, 2.24) is 25.0 Å². The quantitative estimate of drug-likeness (QED) is 0.603. The fourth-order valence-electron chi connectivity index (χ4n) is 3.60. The first-order valence-electron chi connectivity index (χ1n) is 10.2. The summed E-state index contributed by atoms with van der Waals surface area (Å²) in [6.07, 6.45) is 1.17. The number of ether oxygens (including phenoxy) is 1. The summed E-state index contributed by atoms with van der Waals surface area (Å²) < 4.78 is 29.0. The number of aromatic nitrogens is 3. The first-order valence-corrected chi connectivity index (χ1v) is 12.1. The molecule has 1 saturated heterocycles. The highest BCUT2D eigenvalue weighted by molar-refractivity contribution is 7.90. The van der Waals surface area contributed by atoms with Crippen LogP contribution in [0.4, 0.5) is 0 Å². The molecular weight excluding hydrogens is 430 g/mol. The Morgan fingerprint density at radius 3 is 2.53 bits per heavy atom. The number of carbonyl (C=O) groups is 1. The molecule has 0 aliphatic carbocycles. The number of rotatable bonds is 6. The molecule has 32 heavy (non-hydrogen) atoms. The van der Waals surface area contributed by atoms with Gasteiger partial charge in [0.2, 0.25) is 0 Å². The third-order valence-electron chi connectivity index (χ3n) is 5.37. The van der Waals surface area contributed by atoms with E-state index in [9.17, 15) is 13.2 Å². The van der Waals surface area contributed by atoms with Crippen LogP contribution < -0.4 is 4.74 Å². The van der Waals surface area contributed by atoms with Gasteiger partial charge in [-0.3, -0.25) is 9.89 Å². The van der Waals surface area contributed by atoms with Gasteiger partial charge < -0.3 is 14.5 Å². The van der Waals surface area contributed by atoms with E-state index in [2.05, 4.69) is 20.1 Å². The van der Waals surface area contributed by atoms with Gasteiger partial charge >= 0.3 is 0 Å². The van der Waals surface area contributed by atoms with E-state index in [0.29, 0.717) is 36.1 Å². The van der Waals surface area contributed by atoms with Crippen LogP contribution in [-0.4, -0.2) is 78.9 Å². The number of sulfone groups is 1. The Balaban J connectivity index is 1.51. The highest BCUT2D eigenvalue weighted by Gasteiger charge is 2.33. The zero-order valence-corrected chi connectivity index (χ0v) is 18.7. The number of hydrogen-bond donors (Lipinski definition) is 1.